The number of nitrogens with zero attached hydrogens (tertiary/aromatic N) is 2. The number of benzene rings is 3. The van der Waals surface area contributed by atoms with Crippen LogP contribution in [-0.2, 0) is 16.1 Å². The molecule has 0 fully saturated rings. The second-order valence-corrected chi connectivity index (χ2v) is 13.2. The lowest BCUT2D eigenvalue weighted by molar-refractivity contribution is -0.138. The predicted octanol–water partition coefficient (Wildman–Crippen LogP) is 7.00. The molecule has 2 aromatic heterocycles. The number of hydrogen-bond acceptors (Lipinski definition) is 8. The zero-order valence-corrected chi connectivity index (χ0v) is 28.1. The van der Waals surface area contributed by atoms with E-state index in [-0.39, 0.29) is 12.2 Å². The third kappa shape index (κ3) is 6.41. The number of halogens is 2. The highest BCUT2D eigenvalue weighted by Gasteiger charge is 2.35. The molecule has 0 unspecified atom stereocenters. The van der Waals surface area contributed by atoms with E-state index in [0.717, 1.165) is 21.6 Å². The molecule has 0 bridgehead atoms. The number of carbonyl (C=O) groups is 1. The molecule has 228 valence electrons. The van der Waals surface area contributed by atoms with Gasteiger partial charge in [-0.25, -0.2) is 9.79 Å². The van der Waals surface area contributed by atoms with Crippen LogP contribution in [0.25, 0.3) is 11.8 Å². The predicted molar refractivity (Wildman–Crippen MR) is 182 cm³/mol. The molecule has 11 heteroatoms. The lowest BCUT2D eigenvalue weighted by Crippen LogP contribution is -2.39. The van der Waals surface area contributed by atoms with E-state index in [4.69, 9.17) is 30.8 Å². The number of rotatable bonds is 9. The first-order valence-corrected chi connectivity index (χ1v) is 16.8. The van der Waals surface area contributed by atoms with Gasteiger partial charge in [0.1, 0.15) is 12.6 Å². The Morgan fingerprint density at radius 1 is 1.09 bits per heavy atom. The van der Waals surface area contributed by atoms with Gasteiger partial charge in [-0.2, -0.15) is 0 Å². The van der Waals surface area contributed by atoms with Crippen LogP contribution in [0.2, 0.25) is 5.02 Å². The Labute approximate surface area is 280 Å². The fourth-order valence-corrected chi connectivity index (χ4v) is 7.66. The van der Waals surface area contributed by atoms with Gasteiger partial charge in [0.25, 0.3) is 5.56 Å². The standard InChI is InChI=1S/C34H26BrClN2O5S2/c1-3-42-33(40)28-29(22-10-5-4-6-11-22)37-34-38(30(28)26-13-8-14-44-26)32(39)27(45-34)18-21-16-24(35)31(25(17-21)41-2)43-19-20-9-7-12-23(36)15-20/h4-18,30H,3,19H2,1-2H3/b27-18-/t30-/m1/s1. The molecule has 3 aromatic carbocycles. The van der Waals surface area contributed by atoms with Crippen molar-refractivity contribution >= 4 is 67.9 Å². The van der Waals surface area contributed by atoms with E-state index in [9.17, 15) is 9.59 Å². The lowest BCUT2D eigenvalue weighted by Gasteiger charge is -2.24. The van der Waals surface area contributed by atoms with Crippen LogP contribution in [0, 0.1) is 0 Å². The van der Waals surface area contributed by atoms with Crippen molar-refractivity contribution in [2.45, 2.75) is 19.6 Å². The van der Waals surface area contributed by atoms with Crippen molar-refractivity contribution in [1.29, 1.82) is 0 Å². The van der Waals surface area contributed by atoms with Gasteiger partial charge in [0.05, 0.1) is 34.0 Å². The summed E-state index contributed by atoms with van der Waals surface area (Å²) in [4.78, 5) is 33.8. The van der Waals surface area contributed by atoms with Gasteiger partial charge < -0.3 is 14.2 Å². The number of hydrogen-bond donors (Lipinski definition) is 0. The van der Waals surface area contributed by atoms with Crippen LogP contribution in [0.1, 0.15) is 34.5 Å². The molecule has 0 N–H and O–H groups in total. The van der Waals surface area contributed by atoms with Crippen molar-refractivity contribution in [3.8, 4) is 11.5 Å². The van der Waals surface area contributed by atoms with Gasteiger partial charge in [-0.05, 0) is 75.8 Å². The van der Waals surface area contributed by atoms with E-state index in [1.54, 1.807) is 24.7 Å². The zero-order chi connectivity index (χ0) is 31.5. The summed E-state index contributed by atoms with van der Waals surface area (Å²) >= 11 is 12.5. The molecule has 3 heterocycles. The molecule has 5 aromatic rings. The molecular formula is C34H26BrClN2O5S2. The minimum absolute atomic E-state index is 0.196. The summed E-state index contributed by atoms with van der Waals surface area (Å²) in [6, 6.07) is 23.8. The van der Waals surface area contributed by atoms with Crippen molar-refractivity contribution in [3.63, 3.8) is 0 Å². The van der Waals surface area contributed by atoms with E-state index >= 15 is 0 Å². The first-order valence-electron chi connectivity index (χ1n) is 13.9. The van der Waals surface area contributed by atoms with Crippen LogP contribution in [0.3, 0.4) is 0 Å². The number of thiazole rings is 1. The molecular weight excluding hydrogens is 696 g/mol. The number of aromatic nitrogens is 1. The first-order chi connectivity index (χ1) is 21.9. The van der Waals surface area contributed by atoms with Crippen molar-refractivity contribution in [2.24, 2.45) is 4.99 Å². The third-order valence-electron chi connectivity index (χ3n) is 7.01. The second kappa shape index (κ2) is 13.6. The summed E-state index contributed by atoms with van der Waals surface area (Å²) < 4.78 is 20.0. The fourth-order valence-electron chi connectivity index (χ4n) is 5.05. The molecule has 0 spiro atoms. The maximum Gasteiger partial charge on any atom is 0.338 e. The molecule has 0 saturated heterocycles. The smallest absolute Gasteiger partial charge is 0.338 e. The first kappa shape index (κ1) is 31.0. The Morgan fingerprint density at radius 2 is 1.91 bits per heavy atom. The van der Waals surface area contributed by atoms with Crippen LogP contribution < -0.4 is 24.4 Å². The van der Waals surface area contributed by atoms with Crippen molar-refractivity contribution in [2.75, 3.05) is 13.7 Å². The summed E-state index contributed by atoms with van der Waals surface area (Å²) in [7, 11) is 1.56. The normalized spacial score (nSPS) is 14.6. The molecule has 6 rings (SSSR count). The Hall–Kier alpha value is -3.96. The fraction of sp³-hybridized carbons (Fsp3) is 0.147. The molecule has 0 aliphatic carbocycles. The van der Waals surface area contributed by atoms with E-state index in [2.05, 4.69) is 15.9 Å². The minimum Gasteiger partial charge on any atom is -0.493 e. The minimum atomic E-state index is -0.693. The summed E-state index contributed by atoms with van der Waals surface area (Å²) in [5.41, 5.74) is 2.96. The van der Waals surface area contributed by atoms with Gasteiger partial charge >= 0.3 is 5.97 Å². The van der Waals surface area contributed by atoms with Gasteiger partial charge in [0.15, 0.2) is 16.3 Å². The second-order valence-electron chi connectivity index (χ2n) is 9.90. The Morgan fingerprint density at radius 3 is 2.62 bits per heavy atom. The Balaban J connectivity index is 1.47. The molecule has 1 aliphatic rings. The summed E-state index contributed by atoms with van der Waals surface area (Å²) in [6.45, 7) is 2.25. The number of fused-ring (bicyclic) bond motifs is 1. The average molecular weight is 722 g/mol. The van der Waals surface area contributed by atoms with Crippen molar-refractivity contribution < 1.29 is 19.0 Å². The van der Waals surface area contributed by atoms with Crippen LogP contribution in [0.15, 0.2) is 104 Å². The van der Waals surface area contributed by atoms with Gasteiger partial charge in [0.2, 0.25) is 0 Å². The van der Waals surface area contributed by atoms with E-state index < -0.39 is 12.0 Å². The molecule has 7 nitrogen and oxygen atoms in total. The van der Waals surface area contributed by atoms with E-state index in [1.807, 2.05) is 84.2 Å². The zero-order valence-electron chi connectivity index (χ0n) is 24.2. The van der Waals surface area contributed by atoms with Gasteiger partial charge in [-0.3, -0.25) is 9.36 Å². The highest BCUT2D eigenvalue weighted by Crippen LogP contribution is 2.38. The molecule has 1 aliphatic heterocycles. The van der Waals surface area contributed by atoms with Crippen molar-refractivity contribution in [3.05, 3.63) is 141 Å². The number of methoxy groups -OCH3 is 1. The third-order valence-corrected chi connectivity index (χ3v) is 9.74. The van der Waals surface area contributed by atoms with Crippen molar-refractivity contribution in [1.82, 2.24) is 4.57 Å². The Bertz CT molecular complexity index is 2090. The largest absolute Gasteiger partial charge is 0.493 e. The maximum atomic E-state index is 14.1. The number of carbonyl (C=O) groups excluding carboxylic acids is 1. The van der Waals surface area contributed by atoms with Gasteiger partial charge in [0, 0.05) is 15.5 Å². The quantitative estimate of drug-likeness (QED) is 0.153. The average Bonchev–Trinajstić information content (AvgIpc) is 3.68. The number of ether oxygens (including phenoxy) is 3. The summed E-state index contributed by atoms with van der Waals surface area (Å²) in [5, 5.41) is 2.56. The summed E-state index contributed by atoms with van der Waals surface area (Å²) in [6.07, 6.45) is 1.79. The highest BCUT2D eigenvalue weighted by atomic mass is 79.9. The molecule has 45 heavy (non-hydrogen) atoms. The maximum absolute atomic E-state index is 14.1. The Kier molecular flexibility index (Phi) is 9.37. The number of esters is 1. The monoisotopic (exact) mass is 720 g/mol. The van der Waals surface area contributed by atoms with Gasteiger partial charge in [-0.1, -0.05) is 71.5 Å². The molecule has 0 amide bonds. The SMILES string of the molecule is CCOC(=O)C1=C(c2ccccc2)N=c2s/c(=C\c3cc(Br)c(OCc4cccc(Cl)c4)c(OC)c3)c(=O)n2[C@@H]1c1cccs1. The molecule has 1 atom stereocenters. The summed E-state index contributed by atoms with van der Waals surface area (Å²) in [5.74, 6) is 0.521. The van der Waals surface area contributed by atoms with E-state index in [1.165, 1.54) is 22.7 Å². The lowest BCUT2D eigenvalue weighted by atomic mass is 9.97. The van der Waals surface area contributed by atoms with Crippen LogP contribution in [-0.4, -0.2) is 24.3 Å². The molecule has 0 saturated carbocycles. The van der Waals surface area contributed by atoms with Gasteiger partial charge in [-0.15, -0.1) is 11.3 Å². The number of thiophene rings is 1. The topological polar surface area (TPSA) is 79.1 Å². The van der Waals surface area contributed by atoms with E-state index in [0.29, 0.717) is 48.2 Å². The van der Waals surface area contributed by atoms with Crippen LogP contribution >= 0.6 is 50.2 Å². The van der Waals surface area contributed by atoms with Crippen LogP contribution in [0.4, 0.5) is 0 Å². The van der Waals surface area contributed by atoms with Crippen LogP contribution in [0.5, 0.6) is 11.5 Å². The molecule has 0 radical (unpaired) electrons. The highest BCUT2D eigenvalue weighted by molar-refractivity contribution is 9.10.